The molecule has 0 unspecified atom stereocenters. The zero-order valence-corrected chi connectivity index (χ0v) is 14.5. The Hall–Kier alpha value is -2.60. The Morgan fingerprint density at radius 3 is 2.79 bits per heavy atom. The topological polar surface area (TPSA) is 66.5 Å². The first-order valence-corrected chi connectivity index (χ1v) is 7.77. The molecular weight excluding hydrogens is 304 g/mol. The molecule has 0 radical (unpaired) electrons. The molecule has 1 atom stereocenters. The summed E-state index contributed by atoms with van der Waals surface area (Å²) in [4.78, 5) is 18.2. The Morgan fingerprint density at radius 1 is 1.33 bits per heavy atom. The molecule has 0 aliphatic carbocycles. The fraction of sp³-hybridized carbons (Fsp3) is 0.333. The third-order valence-electron chi connectivity index (χ3n) is 3.83. The van der Waals surface area contributed by atoms with E-state index in [4.69, 9.17) is 4.74 Å². The number of pyridine rings is 1. The second-order valence-corrected chi connectivity index (χ2v) is 5.78. The van der Waals surface area contributed by atoms with Gasteiger partial charge in [0.05, 0.1) is 13.2 Å². The molecule has 128 valence electrons. The van der Waals surface area contributed by atoms with Gasteiger partial charge >= 0.3 is 6.03 Å². The molecule has 1 aromatic carbocycles. The smallest absolute Gasteiger partial charge is 0.319 e. The number of urea groups is 1. The average Bonchev–Trinajstić information content (AvgIpc) is 2.57. The Labute approximate surface area is 142 Å². The van der Waals surface area contributed by atoms with Gasteiger partial charge in [0.15, 0.2) is 0 Å². The van der Waals surface area contributed by atoms with E-state index in [0.29, 0.717) is 6.54 Å². The molecule has 0 bridgehead atoms. The number of ether oxygens (including phenoxy) is 1. The number of aromatic nitrogens is 1. The Morgan fingerprint density at radius 2 is 2.12 bits per heavy atom. The van der Waals surface area contributed by atoms with Crippen molar-refractivity contribution < 1.29 is 9.53 Å². The fourth-order valence-corrected chi connectivity index (χ4v) is 2.42. The van der Waals surface area contributed by atoms with Gasteiger partial charge in [-0.25, -0.2) is 4.79 Å². The van der Waals surface area contributed by atoms with Crippen LogP contribution in [0.1, 0.15) is 17.2 Å². The highest BCUT2D eigenvalue weighted by Crippen LogP contribution is 2.22. The fourth-order valence-electron chi connectivity index (χ4n) is 2.42. The number of aryl methyl sites for hydroxylation is 1. The molecule has 2 N–H and O–H groups in total. The van der Waals surface area contributed by atoms with E-state index >= 15 is 0 Å². The third kappa shape index (κ3) is 4.70. The van der Waals surface area contributed by atoms with Crippen LogP contribution in [0.2, 0.25) is 0 Å². The lowest BCUT2D eigenvalue weighted by Crippen LogP contribution is -2.37. The number of hydrogen-bond acceptors (Lipinski definition) is 4. The molecule has 0 spiro atoms. The van der Waals surface area contributed by atoms with Crippen molar-refractivity contribution in [3.8, 4) is 5.75 Å². The summed E-state index contributed by atoms with van der Waals surface area (Å²) in [5, 5.41) is 5.77. The molecule has 24 heavy (non-hydrogen) atoms. The first-order chi connectivity index (χ1) is 11.5. The average molecular weight is 328 g/mol. The molecule has 0 saturated carbocycles. The van der Waals surface area contributed by atoms with Crippen LogP contribution < -0.4 is 15.4 Å². The standard InChI is InChI=1S/C18H24N4O2/c1-13-11-19-9-8-16(13)21-18(23)20-12-17(22(2)3)14-6-5-7-15(10-14)24-4/h5-11,17H,12H2,1-4H3,(H2,19,20,21,23)/t17-/m0/s1. The van der Waals surface area contributed by atoms with Crippen LogP contribution in [0, 0.1) is 6.92 Å². The summed E-state index contributed by atoms with van der Waals surface area (Å²) in [6.07, 6.45) is 3.37. The van der Waals surface area contributed by atoms with Crippen molar-refractivity contribution in [3.05, 3.63) is 53.9 Å². The largest absolute Gasteiger partial charge is 0.497 e. The van der Waals surface area contributed by atoms with Gasteiger partial charge in [0.25, 0.3) is 0 Å². The lowest BCUT2D eigenvalue weighted by atomic mass is 10.1. The number of carbonyl (C=O) groups is 1. The minimum absolute atomic E-state index is 0.0457. The van der Waals surface area contributed by atoms with Crippen LogP contribution in [0.3, 0.4) is 0 Å². The molecule has 0 aliphatic rings. The molecule has 6 nitrogen and oxygen atoms in total. The predicted molar refractivity (Wildman–Crippen MR) is 95.4 cm³/mol. The molecular formula is C18H24N4O2. The molecule has 0 fully saturated rings. The molecule has 1 aromatic heterocycles. The lowest BCUT2D eigenvalue weighted by Gasteiger charge is -2.25. The summed E-state index contributed by atoms with van der Waals surface area (Å²) in [7, 11) is 5.61. The SMILES string of the molecule is COc1cccc([C@H](CNC(=O)Nc2ccncc2C)N(C)C)c1. The Balaban J connectivity index is 2.01. The summed E-state index contributed by atoms with van der Waals surface area (Å²) in [5.74, 6) is 0.802. The number of amides is 2. The maximum Gasteiger partial charge on any atom is 0.319 e. The van der Waals surface area contributed by atoms with Crippen molar-refractivity contribution in [2.75, 3.05) is 33.1 Å². The maximum absolute atomic E-state index is 12.2. The summed E-state index contributed by atoms with van der Waals surface area (Å²) in [6, 6.07) is 9.45. The number of nitrogens with one attached hydrogen (secondary N) is 2. The van der Waals surface area contributed by atoms with Gasteiger partial charge in [-0.2, -0.15) is 0 Å². The van der Waals surface area contributed by atoms with E-state index in [0.717, 1.165) is 22.6 Å². The highest BCUT2D eigenvalue weighted by Gasteiger charge is 2.16. The van der Waals surface area contributed by atoms with Crippen molar-refractivity contribution in [2.24, 2.45) is 0 Å². The van der Waals surface area contributed by atoms with Crippen molar-refractivity contribution in [2.45, 2.75) is 13.0 Å². The van der Waals surface area contributed by atoms with E-state index in [1.165, 1.54) is 0 Å². The van der Waals surface area contributed by atoms with Gasteiger partial charge in [-0.1, -0.05) is 12.1 Å². The van der Waals surface area contributed by atoms with Crippen LogP contribution in [-0.4, -0.2) is 43.7 Å². The molecule has 1 heterocycles. The number of likely N-dealkylation sites (N-methyl/N-ethyl adjacent to an activating group) is 1. The van der Waals surface area contributed by atoms with Crippen molar-refractivity contribution >= 4 is 11.7 Å². The van der Waals surface area contributed by atoms with Crippen LogP contribution in [0.5, 0.6) is 5.75 Å². The minimum atomic E-state index is -0.237. The van der Waals surface area contributed by atoms with Crippen LogP contribution >= 0.6 is 0 Å². The zero-order chi connectivity index (χ0) is 17.5. The molecule has 0 aliphatic heterocycles. The van der Waals surface area contributed by atoms with Crippen LogP contribution in [0.15, 0.2) is 42.7 Å². The number of rotatable bonds is 6. The highest BCUT2D eigenvalue weighted by atomic mass is 16.5. The van der Waals surface area contributed by atoms with Gasteiger partial charge in [-0.05, 0) is 50.3 Å². The second-order valence-electron chi connectivity index (χ2n) is 5.78. The van der Waals surface area contributed by atoms with Crippen LogP contribution in [0.4, 0.5) is 10.5 Å². The predicted octanol–water partition coefficient (Wildman–Crippen LogP) is 2.82. The highest BCUT2D eigenvalue weighted by molar-refractivity contribution is 5.89. The first-order valence-electron chi connectivity index (χ1n) is 7.77. The van der Waals surface area contributed by atoms with Gasteiger partial charge in [-0.3, -0.25) is 4.98 Å². The van der Waals surface area contributed by atoms with E-state index in [9.17, 15) is 4.79 Å². The molecule has 6 heteroatoms. The summed E-state index contributed by atoms with van der Waals surface area (Å²) < 4.78 is 5.28. The summed E-state index contributed by atoms with van der Waals surface area (Å²) in [6.45, 7) is 2.39. The maximum atomic E-state index is 12.2. The second kappa shape index (κ2) is 8.31. The lowest BCUT2D eigenvalue weighted by molar-refractivity contribution is 0.243. The van der Waals surface area contributed by atoms with Crippen molar-refractivity contribution in [1.82, 2.24) is 15.2 Å². The van der Waals surface area contributed by atoms with E-state index in [1.54, 1.807) is 25.6 Å². The molecule has 0 saturated heterocycles. The normalized spacial score (nSPS) is 11.9. The van der Waals surface area contributed by atoms with Gasteiger partial charge in [0.1, 0.15) is 5.75 Å². The van der Waals surface area contributed by atoms with Gasteiger partial charge in [0, 0.05) is 24.6 Å². The van der Waals surface area contributed by atoms with Gasteiger partial charge in [-0.15, -0.1) is 0 Å². The van der Waals surface area contributed by atoms with Crippen molar-refractivity contribution in [3.63, 3.8) is 0 Å². The number of carbonyl (C=O) groups excluding carboxylic acids is 1. The van der Waals surface area contributed by atoms with Crippen LogP contribution in [0.25, 0.3) is 0 Å². The van der Waals surface area contributed by atoms with Gasteiger partial charge < -0.3 is 20.3 Å². The quantitative estimate of drug-likeness (QED) is 0.856. The Kier molecular flexibility index (Phi) is 6.14. The zero-order valence-electron chi connectivity index (χ0n) is 14.5. The molecule has 2 amide bonds. The van der Waals surface area contributed by atoms with Gasteiger partial charge in [0.2, 0.25) is 0 Å². The summed E-state index contributed by atoms with van der Waals surface area (Å²) >= 11 is 0. The van der Waals surface area contributed by atoms with Crippen LogP contribution in [-0.2, 0) is 0 Å². The number of anilines is 1. The first kappa shape index (κ1) is 17.7. The molecule has 2 aromatic rings. The number of nitrogens with zero attached hydrogens (tertiary/aromatic N) is 2. The van der Waals surface area contributed by atoms with Crippen molar-refractivity contribution in [1.29, 1.82) is 0 Å². The third-order valence-corrected chi connectivity index (χ3v) is 3.83. The van der Waals surface area contributed by atoms with E-state index in [2.05, 4.69) is 20.5 Å². The van der Waals surface area contributed by atoms with E-state index in [1.807, 2.05) is 45.3 Å². The number of methoxy groups -OCH3 is 1. The minimum Gasteiger partial charge on any atom is -0.497 e. The number of benzene rings is 1. The number of hydrogen-bond donors (Lipinski definition) is 2. The van der Waals surface area contributed by atoms with E-state index in [-0.39, 0.29) is 12.1 Å². The molecule has 2 rings (SSSR count). The Bertz CT molecular complexity index is 688. The van der Waals surface area contributed by atoms with E-state index < -0.39 is 0 Å². The monoisotopic (exact) mass is 328 g/mol. The summed E-state index contributed by atoms with van der Waals surface area (Å²) in [5.41, 5.74) is 2.76.